The Labute approximate surface area is 83.7 Å². The molecular weight excluding hydrogens is 176 g/mol. The first-order chi connectivity index (χ1) is 6.61. The van der Waals surface area contributed by atoms with Gasteiger partial charge in [-0.15, -0.1) is 0 Å². The van der Waals surface area contributed by atoms with Gasteiger partial charge in [0.25, 0.3) is 0 Å². The van der Waals surface area contributed by atoms with Crippen LogP contribution in [0.15, 0.2) is 30.3 Å². The summed E-state index contributed by atoms with van der Waals surface area (Å²) in [6.07, 6.45) is 0. The first-order valence-corrected chi connectivity index (χ1v) is 4.52. The predicted octanol–water partition coefficient (Wildman–Crippen LogP) is 1.90. The van der Waals surface area contributed by atoms with Crippen LogP contribution in [0.5, 0.6) is 0 Å². The fourth-order valence-corrected chi connectivity index (χ4v) is 1.19. The maximum absolute atomic E-state index is 11.5. The van der Waals surface area contributed by atoms with Gasteiger partial charge in [0.15, 0.2) is 0 Å². The first kappa shape index (κ1) is 10.4. The van der Waals surface area contributed by atoms with E-state index in [1.807, 2.05) is 37.3 Å². The number of carbonyl (C=O) groups is 1. The van der Waals surface area contributed by atoms with Crippen molar-refractivity contribution < 1.29 is 4.79 Å². The molecule has 2 N–H and O–H groups in total. The van der Waals surface area contributed by atoms with Gasteiger partial charge in [0, 0.05) is 0 Å². The van der Waals surface area contributed by atoms with Crippen LogP contribution in [0, 0.1) is 5.41 Å². The highest BCUT2D eigenvalue weighted by Crippen LogP contribution is 2.13. The lowest BCUT2D eigenvalue weighted by Gasteiger charge is -2.11. The molecule has 1 rings (SSSR count). The molecular formula is C11H14N2O. The molecule has 0 spiro atoms. The van der Waals surface area contributed by atoms with Gasteiger partial charge >= 0.3 is 0 Å². The molecule has 3 heteroatoms. The lowest BCUT2D eigenvalue weighted by molar-refractivity contribution is -0.120. The van der Waals surface area contributed by atoms with E-state index in [9.17, 15) is 4.79 Å². The molecule has 0 heterocycles. The fourth-order valence-electron chi connectivity index (χ4n) is 1.19. The van der Waals surface area contributed by atoms with E-state index in [-0.39, 0.29) is 17.7 Å². The number of hydrogen-bond acceptors (Lipinski definition) is 2. The van der Waals surface area contributed by atoms with E-state index in [1.54, 1.807) is 6.92 Å². The van der Waals surface area contributed by atoms with Crippen molar-refractivity contribution in [2.45, 2.75) is 19.8 Å². The minimum absolute atomic E-state index is 0.135. The van der Waals surface area contributed by atoms with Crippen LogP contribution in [0.2, 0.25) is 0 Å². The molecule has 74 valence electrons. The van der Waals surface area contributed by atoms with Gasteiger partial charge in [0.05, 0.1) is 11.8 Å². The van der Waals surface area contributed by atoms with E-state index in [1.165, 1.54) is 0 Å². The maximum atomic E-state index is 11.5. The molecule has 0 radical (unpaired) electrons. The van der Waals surface area contributed by atoms with Gasteiger partial charge in [-0.2, -0.15) is 0 Å². The summed E-state index contributed by atoms with van der Waals surface area (Å²) in [6, 6.07) is 9.52. The lowest BCUT2D eigenvalue weighted by Crippen LogP contribution is -2.31. The molecule has 0 saturated heterocycles. The maximum Gasteiger partial charge on any atom is 0.232 e. The molecule has 0 aliphatic carbocycles. The largest absolute Gasteiger partial charge is 0.314 e. The summed E-state index contributed by atoms with van der Waals surface area (Å²) in [5, 5.41) is 9.63. The molecule has 1 aromatic carbocycles. The number of nitrogens with one attached hydrogen (secondary N) is 2. The van der Waals surface area contributed by atoms with Gasteiger partial charge in [0.2, 0.25) is 5.91 Å². The molecule has 1 atom stereocenters. The van der Waals surface area contributed by atoms with Crippen molar-refractivity contribution in [3.05, 3.63) is 35.9 Å². The van der Waals surface area contributed by atoms with Crippen LogP contribution in [0.4, 0.5) is 0 Å². The monoisotopic (exact) mass is 190 g/mol. The van der Waals surface area contributed by atoms with E-state index in [0.717, 1.165) is 5.56 Å². The van der Waals surface area contributed by atoms with E-state index in [0.29, 0.717) is 0 Å². The zero-order chi connectivity index (χ0) is 10.6. The van der Waals surface area contributed by atoms with Crippen molar-refractivity contribution in [3.63, 3.8) is 0 Å². The molecule has 0 bridgehead atoms. The highest BCUT2D eigenvalue weighted by atomic mass is 16.1. The Hall–Kier alpha value is -1.64. The Kier molecular flexibility index (Phi) is 3.40. The summed E-state index contributed by atoms with van der Waals surface area (Å²) in [5.74, 6) is -0.169. The Morgan fingerprint density at radius 3 is 2.43 bits per heavy atom. The summed E-state index contributed by atoms with van der Waals surface area (Å²) in [5.41, 5.74) is 0.964. The zero-order valence-corrected chi connectivity index (χ0v) is 8.37. The number of carbonyl (C=O) groups excluding carboxylic acids is 1. The van der Waals surface area contributed by atoms with Gasteiger partial charge < -0.3 is 5.32 Å². The number of amides is 1. The highest BCUT2D eigenvalue weighted by molar-refractivity contribution is 5.98. The van der Waals surface area contributed by atoms with Crippen LogP contribution < -0.4 is 5.32 Å². The minimum atomic E-state index is -0.212. The van der Waals surface area contributed by atoms with Crippen LogP contribution in [0.1, 0.15) is 25.3 Å². The van der Waals surface area contributed by atoms with Crippen molar-refractivity contribution in [2.24, 2.45) is 0 Å². The third-order valence-corrected chi connectivity index (χ3v) is 2.00. The third kappa shape index (κ3) is 2.69. The Balaban J connectivity index is 2.71. The number of amidine groups is 1. The molecule has 0 aromatic heterocycles. The second-order valence-corrected chi connectivity index (χ2v) is 3.25. The average Bonchev–Trinajstić information content (AvgIpc) is 2.17. The zero-order valence-electron chi connectivity index (χ0n) is 8.37. The molecule has 0 aliphatic rings. The lowest BCUT2D eigenvalue weighted by atomic mass is 10.0. The van der Waals surface area contributed by atoms with Gasteiger partial charge in [-0.05, 0) is 19.4 Å². The fraction of sp³-hybridized carbons (Fsp3) is 0.273. The second-order valence-electron chi connectivity index (χ2n) is 3.25. The third-order valence-electron chi connectivity index (χ3n) is 2.00. The topological polar surface area (TPSA) is 53.0 Å². The summed E-state index contributed by atoms with van der Waals surface area (Å²) < 4.78 is 0. The number of rotatable bonds is 2. The molecule has 0 saturated carbocycles. The quantitative estimate of drug-likeness (QED) is 0.543. The van der Waals surface area contributed by atoms with Crippen molar-refractivity contribution >= 4 is 11.7 Å². The number of benzene rings is 1. The molecule has 3 nitrogen and oxygen atoms in total. The van der Waals surface area contributed by atoms with E-state index in [2.05, 4.69) is 5.32 Å². The van der Waals surface area contributed by atoms with E-state index in [4.69, 9.17) is 5.41 Å². The summed E-state index contributed by atoms with van der Waals surface area (Å²) in [4.78, 5) is 11.5. The molecule has 0 fully saturated rings. The Morgan fingerprint density at radius 1 is 1.36 bits per heavy atom. The molecule has 14 heavy (non-hydrogen) atoms. The van der Waals surface area contributed by atoms with Crippen molar-refractivity contribution in [1.29, 1.82) is 5.41 Å². The highest BCUT2D eigenvalue weighted by Gasteiger charge is 2.14. The van der Waals surface area contributed by atoms with Crippen molar-refractivity contribution in [1.82, 2.24) is 5.32 Å². The van der Waals surface area contributed by atoms with Crippen molar-refractivity contribution in [3.8, 4) is 0 Å². The van der Waals surface area contributed by atoms with Gasteiger partial charge in [-0.1, -0.05) is 30.3 Å². The van der Waals surface area contributed by atoms with Crippen LogP contribution >= 0.6 is 0 Å². The van der Waals surface area contributed by atoms with Gasteiger partial charge in [-0.3, -0.25) is 10.2 Å². The summed E-state index contributed by atoms with van der Waals surface area (Å²) in [7, 11) is 0. The molecule has 1 aromatic rings. The molecule has 1 unspecified atom stereocenters. The Morgan fingerprint density at radius 2 is 1.93 bits per heavy atom. The van der Waals surface area contributed by atoms with Crippen LogP contribution in [-0.2, 0) is 4.79 Å². The minimum Gasteiger partial charge on any atom is -0.314 e. The SMILES string of the molecule is CC(=N)NC(=O)C(C)c1ccccc1. The second kappa shape index (κ2) is 4.56. The Bertz CT molecular complexity index is 332. The first-order valence-electron chi connectivity index (χ1n) is 4.52. The van der Waals surface area contributed by atoms with Gasteiger partial charge in [0.1, 0.15) is 0 Å². The average molecular weight is 190 g/mol. The van der Waals surface area contributed by atoms with Gasteiger partial charge in [-0.25, -0.2) is 0 Å². The van der Waals surface area contributed by atoms with Crippen LogP contribution in [0.25, 0.3) is 0 Å². The van der Waals surface area contributed by atoms with Crippen LogP contribution in [-0.4, -0.2) is 11.7 Å². The van der Waals surface area contributed by atoms with Crippen molar-refractivity contribution in [2.75, 3.05) is 0 Å². The smallest absolute Gasteiger partial charge is 0.232 e. The van der Waals surface area contributed by atoms with Crippen LogP contribution in [0.3, 0.4) is 0 Å². The summed E-state index contributed by atoms with van der Waals surface area (Å²) in [6.45, 7) is 3.38. The number of hydrogen-bond donors (Lipinski definition) is 2. The molecule has 1 amide bonds. The normalized spacial score (nSPS) is 11.9. The van der Waals surface area contributed by atoms with E-state index < -0.39 is 0 Å². The standard InChI is InChI=1S/C11H14N2O/c1-8(11(14)13-9(2)12)10-6-4-3-5-7-10/h3-8H,1-2H3,(H2,12,13,14). The summed E-state index contributed by atoms with van der Waals surface area (Å²) >= 11 is 0. The van der Waals surface area contributed by atoms with E-state index >= 15 is 0 Å². The predicted molar refractivity (Wildman–Crippen MR) is 56.4 cm³/mol. The molecule has 0 aliphatic heterocycles.